The first-order valence-electron chi connectivity index (χ1n) is 8.02. The molecule has 1 heterocycles. The lowest BCUT2D eigenvalue weighted by Crippen LogP contribution is -2.06. The Morgan fingerprint density at radius 1 is 0.833 bits per heavy atom. The minimum absolute atomic E-state index is 0.288. The summed E-state index contributed by atoms with van der Waals surface area (Å²) in [6.07, 6.45) is 0. The van der Waals surface area contributed by atoms with Crippen molar-refractivity contribution in [2.45, 2.75) is 27.4 Å². The molecule has 0 bridgehead atoms. The number of carbonyl (C=O) groups excluding carboxylic acids is 1. The van der Waals surface area contributed by atoms with Gasteiger partial charge >= 0.3 is 5.97 Å². The summed E-state index contributed by atoms with van der Waals surface area (Å²) in [7, 11) is 0. The van der Waals surface area contributed by atoms with Gasteiger partial charge in [0.1, 0.15) is 6.61 Å². The molecule has 0 radical (unpaired) electrons. The topological polar surface area (TPSA) is 31.2 Å². The third kappa shape index (κ3) is 3.40. The van der Waals surface area contributed by atoms with Gasteiger partial charge in [0.05, 0.1) is 5.56 Å². The monoisotopic (exact) mass is 319 g/mol. The van der Waals surface area contributed by atoms with Gasteiger partial charge in [0, 0.05) is 17.1 Å². The summed E-state index contributed by atoms with van der Waals surface area (Å²) >= 11 is 0. The summed E-state index contributed by atoms with van der Waals surface area (Å²) in [4.78, 5) is 12.2. The van der Waals surface area contributed by atoms with E-state index in [4.69, 9.17) is 4.74 Å². The third-order valence-electron chi connectivity index (χ3n) is 4.12. The Labute approximate surface area is 142 Å². The summed E-state index contributed by atoms with van der Waals surface area (Å²) in [5.41, 5.74) is 6.13. The summed E-state index contributed by atoms with van der Waals surface area (Å²) in [6.45, 7) is 6.45. The van der Waals surface area contributed by atoms with Crippen LogP contribution in [0.15, 0.2) is 60.7 Å². The van der Waals surface area contributed by atoms with Gasteiger partial charge < -0.3 is 9.30 Å². The van der Waals surface area contributed by atoms with Crippen LogP contribution in [-0.4, -0.2) is 10.5 Å². The van der Waals surface area contributed by atoms with E-state index in [1.54, 1.807) is 0 Å². The van der Waals surface area contributed by atoms with Crippen LogP contribution in [0.2, 0.25) is 0 Å². The van der Waals surface area contributed by atoms with Crippen LogP contribution >= 0.6 is 0 Å². The fourth-order valence-corrected chi connectivity index (χ4v) is 2.74. The number of esters is 1. The highest BCUT2D eigenvalue weighted by molar-refractivity contribution is 5.89. The van der Waals surface area contributed by atoms with E-state index in [2.05, 4.69) is 30.5 Å². The molecule has 0 spiro atoms. The van der Waals surface area contributed by atoms with Crippen molar-refractivity contribution in [1.29, 1.82) is 0 Å². The molecule has 0 N–H and O–H groups in total. The van der Waals surface area contributed by atoms with Crippen molar-refractivity contribution < 1.29 is 9.53 Å². The zero-order valence-corrected chi connectivity index (χ0v) is 14.2. The van der Waals surface area contributed by atoms with E-state index >= 15 is 0 Å². The number of benzene rings is 2. The van der Waals surface area contributed by atoms with E-state index in [1.165, 1.54) is 17.0 Å². The Morgan fingerprint density at radius 3 is 2.00 bits per heavy atom. The Morgan fingerprint density at radius 2 is 1.42 bits per heavy atom. The molecule has 0 unspecified atom stereocenters. The molecule has 0 amide bonds. The van der Waals surface area contributed by atoms with Crippen LogP contribution in [0, 0.1) is 20.8 Å². The fraction of sp³-hybridized carbons (Fsp3) is 0.190. The van der Waals surface area contributed by atoms with Crippen molar-refractivity contribution in [2.75, 3.05) is 0 Å². The highest BCUT2D eigenvalue weighted by atomic mass is 16.5. The van der Waals surface area contributed by atoms with Gasteiger partial charge in [0.25, 0.3) is 0 Å². The van der Waals surface area contributed by atoms with Crippen LogP contribution < -0.4 is 0 Å². The molecular weight excluding hydrogens is 298 g/mol. The van der Waals surface area contributed by atoms with Gasteiger partial charge in [0.2, 0.25) is 0 Å². The smallest absolute Gasteiger partial charge is 0.338 e. The van der Waals surface area contributed by atoms with E-state index < -0.39 is 0 Å². The first-order valence-corrected chi connectivity index (χ1v) is 8.02. The van der Waals surface area contributed by atoms with Crippen molar-refractivity contribution in [2.24, 2.45) is 0 Å². The second kappa shape index (κ2) is 6.75. The van der Waals surface area contributed by atoms with Gasteiger partial charge in [-0.05, 0) is 62.7 Å². The van der Waals surface area contributed by atoms with E-state index in [9.17, 15) is 4.79 Å². The van der Waals surface area contributed by atoms with Crippen LogP contribution in [0.5, 0.6) is 0 Å². The van der Waals surface area contributed by atoms with Crippen molar-refractivity contribution in [3.05, 3.63) is 88.7 Å². The second-order valence-corrected chi connectivity index (χ2v) is 6.06. The Kier molecular flexibility index (Phi) is 4.52. The molecular formula is C21H21NO2. The number of hydrogen-bond acceptors (Lipinski definition) is 2. The highest BCUT2D eigenvalue weighted by Crippen LogP contribution is 2.17. The molecule has 0 aliphatic heterocycles. The molecule has 2 aromatic carbocycles. The van der Waals surface area contributed by atoms with Crippen LogP contribution in [-0.2, 0) is 11.3 Å². The summed E-state index contributed by atoms with van der Waals surface area (Å²) in [5, 5.41) is 0. The van der Waals surface area contributed by atoms with Crippen LogP contribution in [0.4, 0.5) is 0 Å². The van der Waals surface area contributed by atoms with Crippen molar-refractivity contribution in [3.8, 4) is 5.69 Å². The highest BCUT2D eigenvalue weighted by Gasteiger charge is 2.09. The van der Waals surface area contributed by atoms with Gasteiger partial charge in [-0.1, -0.05) is 29.8 Å². The Hall–Kier alpha value is -2.81. The fourth-order valence-electron chi connectivity index (χ4n) is 2.74. The molecule has 0 fully saturated rings. The number of hydrogen-bond donors (Lipinski definition) is 0. The van der Waals surface area contributed by atoms with Gasteiger partial charge in [-0.15, -0.1) is 0 Å². The number of ether oxygens (including phenoxy) is 1. The van der Waals surface area contributed by atoms with Gasteiger partial charge in [-0.2, -0.15) is 0 Å². The quantitative estimate of drug-likeness (QED) is 0.649. The Bertz CT molecular complexity index is 823. The van der Waals surface area contributed by atoms with Crippen LogP contribution in [0.1, 0.15) is 32.9 Å². The molecule has 3 nitrogen and oxygen atoms in total. The number of rotatable bonds is 4. The van der Waals surface area contributed by atoms with Crippen LogP contribution in [0.25, 0.3) is 5.69 Å². The molecule has 0 aliphatic rings. The molecule has 0 atom stereocenters. The zero-order chi connectivity index (χ0) is 17.1. The Balaban J connectivity index is 1.69. The maximum atomic E-state index is 12.2. The number of aryl methyl sites for hydroxylation is 3. The third-order valence-corrected chi connectivity index (χ3v) is 4.12. The largest absolute Gasteiger partial charge is 0.457 e. The lowest BCUT2D eigenvalue weighted by molar-refractivity contribution is 0.0473. The standard InChI is InChI=1S/C21H21NO2/c1-15-4-8-18(9-5-15)14-24-21(23)19-10-12-20(13-11-19)22-16(2)6-7-17(22)3/h4-13H,14H2,1-3H3. The van der Waals surface area contributed by atoms with Crippen LogP contribution in [0.3, 0.4) is 0 Å². The maximum Gasteiger partial charge on any atom is 0.338 e. The van der Waals surface area contributed by atoms with E-state index in [1.807, 2.05) is 55.5 Å². The van der Waals surface area contributed by atoms with E-state index in [-0.39, 0.29) is 12.6 Å². The minimum atomic E-state index is -0.303. The zero-order valence-electron chi connectivity index (χ0n) is 14.2. The molecule has 122 valence electrons. The summed E-state index contributed by atoms with van der Waals surface area (Å²) in [5.74, 6) is -0.303. The summed E-state index contributed by atoms with van der Waals surface area (Å²) < 4.78 is 7.54. The van der Waals surface area contributed by atoms with Gasteiger partial charge in [-0.3, -0.25) is 0 Å². The van der Waals surface area contributed by atoms with E-state index in [0.29, 0.717) is 5.56 Å². The van der Waals surface area contributed by atoms with Gasteiger partial charge in [0.15, 0.2) is 0 Å². The predicted molar refractivity (Wildman–Crippen MR) is 95.5 cm³/mol. The molecule has 0 saturated heterocycles. The second-order valence-electron chi connectivity index (χ2n) is 6.06. The maximum absolute atomic E-state index is 12.2. The predicted octanol–water partition coefficient (Wildman–Crippen LogP) is 4.76. The molecule has 0 aliphatic carbocycles. The lowest BCUT2D eigenvalue weighted by atomic mass is 10.1. The first kappa shape index (κ1) is 16.1. The molecule has 3 rings (SSSR count). The molecule has 1 aromatic heterocycles. The average Bonchev–Trinajstić information content (AvgIpc) is 2.93. The molecule has 3 heteroatoms. The SMILES string of the molecule is Cc1ccc(COC(=O)c2ccc(-n3c(C)ccc3C)cc2)cc1. The van der Waals surface area contributed by atoms with E-state index in [0.717, 1.165) is 11.3 Å². The number of nitrogens with zero attached hydrogens (tertiary/aromatic N) is 1. The summed E-state index contributed by atoms with van der Waals surface area (Å²) in [6, 6.07) is 19.7. The number of carbonyl (C=O) groups is 1. The normalized spacial score (nSPS) is 10.6. The van der Waals surface area contributed by atoms with Gasteiger partial charge in [-0.25, -0.2) is 4.79 Å². The lowest BCUT2D eigenvalue weighted by Gasteiger charge is -2.10. The van der Waals surface area contributed by atoms with Crippen molar-refractivity contribution in [1.82, 2.24) is 4.57 Å². The minimum Gasteiger partial charge on any atom is -0.457 e. The molecule has 0 saturated carbocycles. The first-order chi connectivity index (χ1) is 11.5. The van der Waals surface area contributed by atoms with Crippen molar-refractivity contribution in [3.63, 3.8) is 0 Å². The molecule has 3 aromatic rings. The number of aromatic nitrogens is 1. The van der Waals surface area contributed by atoms with Crippen molar-refractivity contribution >= 4 is 5.97 Å². The molecule has 24 heavy (non-hydrogen) atoms. The average molecular weight is 319 g/mol.